The first-order valence-electron chi connectivity index (χ1n) is 6.95. The number of H-pyrrole nitrogens is 1. The lowest BCUT2D eigenvalue weighted by molar-refractivity contribution is 0.0690. The molecule has 1 fully saturated rings. The van der Waals surface area contributed by atoms with Crippen molar-refractivity contribution in [2.45, 2.75) is 32.8 Å². The van der Waals surface area contributed by atoms with Crippen LogP contribution in [0.1, 0.15) is 35.8 Å². The third-order valence-electron chi connectivity index (χ3n) is 4.09. The Labute approximate surface area is 113 Å². The Morgan fingerprint density at radius 1 is 1.42 bits per heavy atom. The Kier molecular flexibility index (Phi) is 3.15. The Morgan fingerprint density at radius 2 is 2.21 bits per heavy atom. The predicted octanol–water partition coefficient (Wildman–Crippen LogP) is 3.47. The van der Waals surface area contributed by atoms with Gasteiger partial charge in [0.15, 0.2) is 5.78 Å². The minimum atomic E-state index is 0.0166. The van der Waals surface area contributed by atoms with Crippen LogP contribution < -0.4 is 0 Å². The molecule has 1 aromatic carbocycles. The van der Waals surface area contributed by atoms with Crippen molar-refractivity contribution >= 4 is 16.7 Å². The molecule has 0 aliphatic carbocycles. The maximum Gasteiger partial charge on any atom is 0.171 e. The van der Waals surface area contributed by atoms with Gasteiger partial charge in [-0.1, -0.05) is 25.1 Å². The highest BCUT2D eigenvalue weighted by Crippen LogP contribution is 2.31. The molecule has 2 unspecified atom stereocenters. The molecule has 3 heteroatoms. The Balaban J connectivity index is 2.04. The molecular formula is C16H19NO2. The molecule has 0 saturated carbocycles. The second kappa shape index (κ2) is 4.82. The molecule has 19 heavy (non-hydrogen) atoms. The van der Waals surface area contributed by atoms with E-state index in [1.165, 1.54) is 0 Å². The van der Waals surface area contributed by atoms with Crippen LogP contribution >= 0.6 is 0 Å². The molecule has 1 aromatic heterocycles. The summed E-state index contributed by atoms with van der Waals surface area (Å²) in [6.07, 6.45) is 1.83. The molecule has 0 spiro atoms. The van der Waals surface area contributed by atoms with Crippen molar-refractivity contribution in [2.75, 3.05) is 6.61 Å². The van der Waals surface area contributed by atoms with Crippen molar-refractivity contribution in [3.05, 3.63) is 35.5 Å². The smallest absolute Gasteiger partial charge is 0.171 e. The number of aromatic amines is 1. The van der Waals surface area contributed by atoms with Gasteiger partial charge in [0.25, 0.3) is 0 Å². The van der Waals surface area contributed by atoms with E-state index < -0.39 is 0 Å². The molecule has 1 aliphatic heterocycles. The van der Waals surface area contributed by atoms with Gasteiger partial charge in [0, 0.05) is 28.8 Å². The van der Waals surface area contributed by atoms with E-state index in [1.54, 1.807) is 0 Å². The molecule has 0 amide bonds. The van der Waals surface area contributed by atoms with E-state index in [2.05, 4.69) is 11.9 Å². The fraction of sp³-hybridized carbons (Fsp3) is 0.438. The van der Waals surface area contributed by atoms with Crippen LogP contribution in [0.4, 0.5) is 0 Å². The predicted molar refractivity (Wildman–Crippen MR) is 75.5 cm³/mol. The average Bonchev–Trinajstić information content (AvgIpc) is 3.00. The van der Waals surface area contributed by atoms with Gasteiger partial charge in [0.1, 0.15) is 0 Å². The molecule has 3 rings (SSSR count). The lowest BCUT2D eigenvalue weighted by Gasteiger charge is -2.15. The number of fused-ring (bicyclic) bond motifs is 1. The fourth-order valence-corrected chi connectivity index (χ4v) is 3.13. The molecule has 1 N–H and O–H groups in total. The van der Waals surface area contributed by atoms with E-state index in [1.807, 2.05) is 31.2 Å². The summed E-state index contributed by atoms with van der Waals surface area (Å²) >= 11 is 0. The quantitative estimate of drug-likeness (QED) is 0.855. The second-order valence-corrected chi connectivity index (χ2v) is 5.25. The fourth-order valence-electron chi connectivity index (χ4n) is 3.13. The maximum absolute atomic E-state index is 12.8. The number of carbonyl (C=O) groups is 1. The molecule has 100 valence electrons. The molecule has 0 radical (unpaired) electrons. The SMILES string of the molecule is CCC1OCCC1C(=O)c1c(C)[nH]c2ccccc12. The van der Waals surface area contributed by atoms with Crippen molar-refractivity contribution in [1.29, 1.82) is 0 Å². The number of ketones is 1. The van der Waals surface area contributed by atoms with Gasteiger partial charge in [0.2, 0.25) is 0 Å². The van der Waals surface area contributed by atoms with E-state index >= 15 is 0 Å². The van der Waals surface area contributed by atoms with E-state index in [4.69, 9.17) is 4.74 Å². The van der Waals surface area contributed by atoms with Crippen LogP contribution in [0, 0.1) is 12.8 Å². The van der Waals surface area contributed by atoms with E-state index in [0.717, 1.165) is 35.0 Å². The molecular weight excluding hydrogens is 238 g/mol. The topological polar surface area (TPSA) is 42.1 Å². The lowest BCUT2D eigenvalue weighted by Crippen LogP contribution is -2.24. The number of benzene rings is 1. The van der Waals surface area contributed by atoms with Gasteiger partial charge >= 0.3 is 0 Å². The van der Waals surface area contributed by atoms with Gasteiger partial charge in [-0.25, -0.2) is 0 Å². The van der Waals surface area contributed by atoms with Gasteiger partial charge in [-0.15, -0.1) is 0 Å². The molecule has 2 atom stereocenters. The third-order valence-corrected chi connectivity index (χ3v) is 4.09. The van der Waals surface area contributed by atoms with Gasteiger partial charge in [-0.3, -0.25) is 4.79 Å². The third kappa shape index (κ3) is 1.98. The second-order valence-electron chi connectivity index (χ2n) is 5.25. The standard InChI is InChI=1S/C16H19NO2/c1-3-14-12(8-9-19-14)16(18)15-10(2)17-13-7-5-4-6-11(13)15/h4-7,12,14,17H,3,8-9H2,1-2H3. The number of aromatic nitrogens is 1. The summed E-state index contributed by atoms with van der Waals surface area (Å²) in [6.45, 7) is 4.76. The molecule has 2 aromatic rings. The van der Waals surface area contributed by atoms with Crippen LogP contribution in [0.5, 0.6) is 0 Å². The number of Topliss-reactive ketones (excluding diaryl/α,β-unsaturated/α-hetero) is 1. The average molecular weight is 257 g/mol. The number of ether oxygens (including phenoxy) is 1. The first kappa shape index (κ1) is 12.4. The highest BCUT2D eigenvalue weighted by Gasteiger charge is 2.34. The zero-order valence-electron chi connectivity index (χ0n) is 11.4. The van der Waals surface area contributed by atoms with Crippen molar-refractivity contribution < 1.29 is 9.53 Å². The summed E-state index contributed by atoms with van der Waals surface area (Å²) in [5, 5.41) is 1.03. The normalized spacial score (nSPS) is 23.1. The summed E-state index contributed by atoms with van der Waals surface area (Å²) in [6, 6.07) is 8.00. The molecule has 1 saturated heterocycles. The number of hydrogen-bond donors (Lipinski definition) is 1. The number of para-hydroxylation sites is 1. The first-order chi connectivity index (χ1) is 9.22. The Morgan fingerprint density at radius 3 is 3.00 bits per heavy atom. The summed E-state index contributed by atoms with van der Waals surface area (Å²) in [4.78, 5) is 16.1. The zero-order chi connectivity index (χ0) is 13.4. The van der Waals surface area contributed by atoms with Crippen LogP contribution in [0.15, 0.2) is 24.3 Å². The zero-order valence-corrected chi connectivity index (χ0v) is 11.4. The molecule has 0 bridgehead atoms. The number of hydrogen-bond acceptors (Lipinski definition) is 2. The van der Waals surface area contributed by atoms with Gasteiger partial charge < -0.3 is 9.72 Å². The molecule has 1 aliphatic rings. The van der Waals surface area contributed by atoms with Gasteiger partial charge in [0.05, 0.1) is 12.0 Å². The largest absolute Gasteiger partial charge is 0.377 e. The minimum absolute atomic E-state index is 0.0166. The van der Waals surface area contributed by atoms with E-state index in [9.17, 15) is 4.79 Å². The number of nitrogens with one attached hydrogen (secondary N) is 1. The minimum Gasteiger partial charge on any atom is -0.377 e. The molecule has 2 heterocycles. The summed E-state index contributed by atoms with van der Waals surface area (Å²) in [5.74, 6) is 0.252. The number of rotatable bonds is 3. The van der Waals surface area contributed by atoms with Crippen LogP contribution in [0.2, 0.25) is 0 Å². The van der Waals surface area contributed by atoms with Crippen LogP contribution in [0.3, 0.4) is 0 Å². The van der Waals surface area contributed by atoms with Gasteiger partial charge in [-0.05, 0) is 25.8 Å². The summed E-state index contributed by atoms with van der Waals surface area (Å²) in [7, 11) is 0. The summed E-state index contributed by atoms with van der Waals surface area (Å²) in [5.41, 5.74) is 2.85. The first-order valence-corrected chi connectivity index (χ1v) is 6.95. The Hall–Kier alpha value is -1.61. The summed E-state index contributed by atoms with van der Waals surface area (Å²) < 4.78 is 5.65. The van der Waals surface area contributed by atoms with Crippen molar-refractivity contribution in [3.8, 4) is 0 Å². The van der Waals surface area contributed by atoms with Crippen LogP contribution in [-0.4, -0.2) is 23.5 Å². The van der Waals surface area contributed by atoms with Crippen molar-refractivity contribution in [3.63, 3.8) is 0 Å². The Bertz CT molecular complexity index is 614. The van der Waals surface area contributed by atoms with E-state index in [0.29, 0.717) is 6.61 Å². The lowest BCUT2D eigenvalue weighted by atomic mass is 9.89. The van der Waals surface area contributed by atoms with E-state index in [-0.39, 0.29) is 17.8 Å². The van der Waals surface area contributed by atoms with Crippen LogP contribution in [-0.2, 0) is 4.74 Å². The highest BCUT2D eigenvalue weighted by molar-refractivity contribution is 6.10. The van der Waals surface area contributed by atoms with Crippen LogP contribution in [0.25, 0.3) is 10.9 Å². The van der Waals surface area contributed by atoms with Crippen molar-refractivity contribution in [1.82, 2.24) is 4.98 Å². The van der Waals surface area contributed by atoms with Crippen molar-refractivity contribution in [2.24, 2.45) is 5.92 Å². The number of aryl methyl sites for hydroxylation is 1. The monoisotopic (exact) mass is 257 g/mol. The van der Waals surface area contributed by atoms with Gasteiger partial charge in [-0.2, -0.15) is 0 Å². The highest BCUT2D eigenvalue weighted by atomic mass is 16.5. The maximum atomic E-state index is 12.8. The number of carbonyl (C=O) groups excluding carboxylic acids is 1. The molecule has 3 nitrogen and oxygen atoms in total.